The summed E-state index contributed by atoms with van der Waals surface area (Å²) in [7, 11) is 0. The van der Waals surface area contributed by atoms with E-state index in [2.05, 4.69) is 5.32 Å². The molecule has 2 aromatic heterocycles. The molecule has 0 aliphatic heterocycles. The molecule has 0 radical (unpaired) electrons. The van der Waals surface area contributed by atoms with E-state index in [1.54, 1.807) is 16.7 Å². The molecule has 1 N–H and O–H groups in total. The number of carbonyl (C=O) groups excluding carboxylic acids is 2. The Hall–Kier alpha value is -4.46. The molecule has 0 unspecified atom stereocenters. The zero-order valence-electron chi connectivity index (χ0n) is 18.1. The van der Waals surface area contributed by atoms with E-state index in [1.807, 2.05) is 49.4 Å². The van der Waals surface area contributed by atoms with Gasteiger partial charge in [0.1, 0.15) is 11.4 Å². The van der Waals surface area contributed by atoms with Gasteiger partial charge < -0.3 is 14.5 Å². The van der Waals surface area contributed by atoms with Crippen LogP contribution in [0.5, 0.6) is 5.75 Å². The van der Waals surface area contributed by atoms with E-state index in [9.17, 15) is 19.7 Å². The zero-order valence-corrected chi connectivity index (χ0v) is 18.1. The Morgan fingerprint density at radius 1 is 1.06 bits per heavy atom. The fraction of sp³-hybridized carbons (Fsp3) is 0.120. The first-order valence-corrected chi connectivity index (χ1v) is 10.3. The minimum absolute atomic E-state index is 0.136. The summed E-state index contributed by atoms with van der Waals surface area (Å²) in [6.07, 6.45) is 1.71. The molecule has 2 heterocycles. The summed E-state index contributed by atoms with van der Waals surface area (Å²) in [6.45, 7) is 3.96. The minimum atomic E-state index is -0.880. The molecule has 0 atom stereocenters. The second kappa shape index (κ2) is 8.96. The highest BCUT2D eigenvalue weighted by Crippen LogP contribution is 2.31. The quantitative estimate of drug-likeness (QED) is 0.186. The van der Waals surface area contributed by atoms with Gasteiger partial charge in [-0.1, -0.05) is 24.3 Å². The third-order valence-electron chi connectivity index (χ3n) is 5.33. The smallest absolute Gasteiger partial charge is 0.298 e. The second-order valence-corrected chi connectivity index (χ2v) is 7.35. The van der Waals surface area contributed by atoms with Crippen molar-refractivity contribution in [3.63, 3.8) is 0 Å². The van der Waals surface area contributed by atoms with Gasteiger partial charge in [0, 0.05) is 23.3 Å². The third kappa shape index (κ3) is 4.18. The van der Waals surface area contributed by atoms with Crippen LogP contribution < -0.4 is 10.1 Å². The van der Waals surface area contributed by atoms with Crippen molar-refractivity contribution >= 4 is 28.6 Å². The summed E-state index contributed by atoms with van der Waals surface area (Å²) >= 11 is 0. The first-order chi connectivity index (χ1) is 15.9. The molecule has 4 rings (SSSR count). The molecule has 33 heavy (non-hydrogen) atoms. The molecule has 0 aliphatic rings. The van der Waals surface area contributed by atoms with Gasteiger partial charge in [-0.2, -0.15) is 0 Å². The van der Waals surface area contributed by atoms with Crippen LogP contribution in [-0.2, 0) is 4.79 Å². The van der Waals surface area contributed by atoms with E-state index in [-0.39, 0.29) is 22.6 Å². The molecule has 0 aliphatic carbocycles. The van der Waals surface area contributed by atoms with Crippen LogP contribution in [0, 0.1) is 17.0 Å². The van der Waals surface area contributed by atoms with Gasteiger partial charge in [0.2, 0.25) is 0 Å². The van der Waals surface area contributed by atoms with Gasteiger partial charge in [0.25, 0.3) is 17.4 Å². The number of ketones is 1. The number of hydrogen-bond donors (Lipinski definition) is 1. The van der Waals surface area contributed by atoms with Gasteiger partial charge in [-0.25, -0.2) is 0 Å². The monoisotopic (exact) mass is 443 g/mol. The Bertz CT molecular complexity index is 1370. The van der Waals surface area contributed by atoms with E-state index in [4.69, 9.17) is 4.74 Å². The van der Waals surface area contributed by atoms with E-state index in [0.29, 0.717) is 17.9 Å². The minimum Gasteiger partial charge on any atom is -0.494 e. The normalized spacial score (nSPS) is 10.7. The first-order valence-electron chi connectivity index (χ1n) is 10.3. The lowest BCUT2D eigenvalue weighted by Gasteiger charge is -2.10. The highest BCUT2D eigenvalue weighted by Gasteiger charge is 2.26. The molecule has 166 valence electrons. The van der Waals surface area contributed by atoms with Crippen LogP contribution in [0.15, 0.2) is 72.9 Å². The summed E-state index contributed by atoms with van der Waals surface area (Å²) in [5, 5.41) is 13.7. The number of pyridine rings is 1. The van der Waals surface area contributed by atoms with Crippen LogP contribution in [0.3, 0.4) is 0 Å². The Kier molecular flexibility index (Phi) is 5.91. The third-order valence-corrected chi connectivity index (χ3v) is 5.33. The van der Waals surface area contributed by atoms with Crippen molar-refractivity contribution in [3.8, 4) is 16.9 Å². The van der Waals surface area contributed by atoms with Crippen molar-refractivity contribution in [3.05, 3.63) is 94.3 Å². The molecule has 2 aromatic carbocycles. The number of amides is 1. The largest absolute Gasteiger partial charge is 0.494 e. The average molecular weight is 443 g/mol. The van der Waals surface area contributed by atoms with E-state index < -0.39 is 16.6 Å². The lowest BCUT2D eigenvalue weighted by atomic mass is 10.0. The molecule has 8 nitrogen and oxygen atoms in total. The van der Waals surface area contributed by atoms with Gasteiger partial charge in [-0.05, 0) is 55.8 Å². The number of nitrogens with zero attached hydrogens (tertiary/aromatic N) is 2. The Morgan fingerprint density at radius 3 is 2.52 bits per heavy atom. The Morgan fingerprint density at radius 2 is 1.82 bits per heavy atom. The lowest BCUT2D eigenvalue weighted by Crippen LogP contribution is -2.25. The number of nitro groups is 1. The molecule has 0 saturated heterocycles. The number of nitro benzene ring substituents is 1. The number of Topliss-reactive ketones (excluding diaryl/α,β-unsaturated/α-hetero) is 1. The van der Waals surface area contributed by atoms with E-state index in [1.165, 1.54) is 25.1 Å². The summed E-state index contributed by atoms with van der Waals surface area (Å²) in [5.41, 5.74) is 2.66. The predicted molar refractivity (Wildman–Crippen MR) is 125 cm³/mol. The molecule has 0 fully saturated rings. The summed E-state index contributed by atoms with van der Waals surface area (Å²) in [5.74, 6) is -0.928. The number of rotatable bonds is 7. The number of hydrogen-bond acceptors (Lipinski definition) is 5. The van der Waals surface area contributed by atoms with Crippen LogP contribution in [0.25, 0.3) is 16.6 Å². The molecular formula is C25H21N3O5. The SMILES string of the molecule is CCOc1ccc(-c2cc3ccccn3c2C(=O)C(=O)Nc2cccc([N+](=O)[O-])c2C)cc1. The zero-order chi connectivity index (χ0) is 23.5. The number of aromatic nitrogens is 1. The van der Waals surface area contributed by atoms with E-state index in [0.717, 1.165) is 11.1 Å². The number of fused-ring (bicyclic) bond motifs is 1. The first kappa shape index (κ1) is 21.8. The number of ether oxygens (including phenoxy) is 1. The number of carbonyl (C=O) groups is 2. The van der Waals surface area contributed by atoms with Crippen molar-refractivity contribution in [2.45, 2.75) is 13.8 Å². The predicted octanol–water partition coefficient (Wildman–Crippen LogP) is 5.04. The fourth-order valence-electron chi connectivity index (χ4n) is 3.72. The van der Waals surface area contributed by atoms with Gasteiger partial charge in [0.05, 0.1) is 22.8 Å². The van der Waals surface area contributed by atoms with Crippen LogP contribution in [0.4, 0.5) is 11.4 Å². The molecular weight excluding hydrogens is 422 g/mol. The van der Waals surface area contributed by atoms with Gasteiger partial charge >= 0.3 is 0 Å². The van der Waals surface area contributed by atoms with Crippen molar-refractivity contribution in [1.29, 1.82) is 0 Å². The fourth-order valence-corrected chi connectivity index (χ4v) is 3.72. The maximum atomic E-state index is 13.3. The Labute approximate surface area is 189 Å². The maximum absolute atomic E-state index is 13.3. The van der Waals surface area contributed by atoms with E-state index >= 15 is 0 Å². The highest BCUT2D eigenvalue weighted by molar-refractivity contribution is 6.47. The summed E-state index contributed by atoms with van der Waals surface area (Å²) in [4.78, 5) is 36.9. The van der Waals surface area contributed by atoms with Crippen molar-refractivity contribution in [2.75, 3.05) is 11.9 Å². The lowest BCUT2D eigenvalue weighted by molar-refractivity contribution is -0.385. The van der Waals surface area contributed by atoms with Gasteiger partial charge in [-0.15, -0.1) is 0 Å². The molecule has 1 amide bonds. The molecule has 0 spiro atoms. The molecule has 0 saturated carbocycles. The number of benzene rings is 2. The summed E-state index contributed by atoms with van der Waals surface area (Å²) in [6, 6.07) is 18.9. The van der Waals surface area contributed by atoms with Crippen LogP contribution >= 0.6 is 0 Å². The van der Waals surface area contributed by atoms with Gasteiger partial charge in [0.15, 0.2) is 0 Å². The highest BCUT2D eigenvalue weighted by atomic mass is 16.6. The van der Waals surface area contributed by atoms with Gasteiger partial charge in [-0.3, -0.25) is 19.7 Å². The topological polar surface area (TPSA) is 103 Å². The molecule has 4 aromatic rings. The molecule has 0 bridgehead atoms. The standard InChI is InChI=1S/C25H21N3O5/c1-3-33-19-12-10-17(11-13-19)20-15-18-7-4-5-14-27(18)23(20)24(29)25(30)26-21-8-6-9-22(16(21)2)28(31)32/h4-15H,3H2,1-2H3,(H,26,30). The average Bonchev–Trinajstić information content (AvgIpc) is 3.20. The van der Waals surface area contributed by atoms with Crippen LogP contribution in [0.2, 0.25) is 0 Å². The molecule has 8 heteroatoms. The summed E-state index contributed by atoms with van der Waals surface area (Å²) < 4.78 is 7.15. The number of nitrogens with one attached hydrogen (secondary N) is 1. The second-order valence-electron chi connectivity index (χ2n) is 7.35. The van der Waals surface area contributed by atoms with Crippen LogP contribution in [-0.4, -0.2) is 27.6 Å². The maximum Gasteiger partial charge on any atom is 0.298 e. The number of anilines is 1. The van der Waals surface area contributed by atoms with Crippen molar-refractivity contribution in [1.82, 2.24) is 4.40 Å². The van der Waals surface area contributed by atoms with Crippen molar-refractivity contribution in [2.24, 2.45) is 0 Å². The van der Waals surface area contributed by atoms with Crippen molar-refractivity contribution < 1.29 is 19.2 Å². The Balaban J connectivity index is 1.74. The van der Waals surface area contributed by atoms with Crippen LogP contribution in [0.1, 0.15) is 23.0 Å².